The number of ether oxygens (including phenoxy) is 3. The molecule has 2 heterocycles. The number of nitrogens with zero attached hydrogens (tertiary/aromatic N) is 2. The molecule has 0 aromatic heterocycles. The highest BCUT2D eigenvalue weighted by molar-refractivity contribution is 5.98. The van der Waals surface area contributed by atoms with E-state index in [9.17, 15) is 19.6 Å². The molecule has 4 atom stereocenters. The average Bonchev–Trinajstić information content (AvgIpc) is 3.54. The van der Waals surface area contributed by atoms with Gasteiger partial charge in [0.15, 0.2) is 5.78 Å². The fourth-order valence-electron chi connectivity index (χ4n) is 5.34. The van der Waals surface area contributed by atoms with Crippen LogP contribution in [0.1, 0.15) is 44.6 Å². The van der Waals surface area contributed by atoms with Crippen molar-refractivity contribution in [3.05, 3.63) is 41.5 Å². The number of Topliss-reactive ketones (excluding diaryl/α,β-unsaturated/α-hetero) is 1. The molecule has 2 saturated heterocycles. The highest BCUT2D eigenvalue weighted by Gasteiger charge is 2.50. The first-order valence-electron chi connectivity index (χ1n) is 14.8. The summed E-state index contributed by atoms with van der Waals surface area (Å²) in [6.07, 6.45) is 5.61. The molecule has 2 amide bonds. The van der Waals surface area contributed by atoms with Crippen molar-refractivity contribution in [3.8, 4) is 11.8 Å². The lowest BCUT2D eigenvalue weighted by Gasteiger charge is -2.28. The minimum Gasteiger partial charge on any atom is -0.497 e. The Morgan fingerprint density at radius 1 is 1.07 bits per heavy atom. The molecule has 0 saturated carbocycles. The van der Waals surface area contributed by atoms with E-state index in [1.807, 2.05) is 12.1 Å². The number of benzene rings is 1. The second-order valence-corrected chi connectivity index (χ2v) is 11.3. The van der Waals surface area contributed by atoms with E-state index in [-0.39, 0.29) is 18.6 Å². The van der Waals surface area contributed by atoms with Crippen molar-refractivity contribution in [2.45, 2.75) is 69.2 Å². The summed E-state index contributed by atoms with van der Waals surface area (Å²) in [6.45, 7) is 6.29. The van der Waals surface area contributed by atoms with Crippen LogP contribution in [-0.4, -0.2) is 99.3 Å². The molecule has 2 fully saturated rings. The maximum atomic E-state index is 13.8. The standard InChI is InChI=1S/C31H43N5O6/c1-31(21-42-31)28(37)26(19-22-5-3-4-6-22)34-30(39)27(20-23-7-9-24(40-2)10-8-23)35-29(38)25(11-12-32)33-13-14-36-15-17-41-18-16-36/h5,7-10,25-27,33H,3-4,6,11,13-21H2,1-2H3,(H,34,39)(H,35,38). The molecule has 4 unspecified atom stereocenters. The second-order valence-electron chi connectivity index (χ2n) is 11.3. The SMILES string of the molecule is COc1ccc(CC(NC(=O)C(CC#N)NCCN2CCOCC2)C(=O)NC(CC2=CCCC2)C(=O)C2(C)CO2)cc1. The second kappa shape index (κ2) is 15.3. The molecule has 0 bridgehead atoms. The van der Waals surface area contributed by atoms with Crippen molar-refractivity contribution in [2.24, 2.45) is 0 Å². The molecule has 0 spiro atoms. The zero-order valence-corrected chi connectivity index (χ0v) is 24.7. The molecule has 11 heteroatoms. The highest BCUT2D eigenvalue weighted by atomic mass is 16.6. The molecule has 11 nitrogen and oxygen atoms in total. The Hall–Kier alpha value is -3.30. The summed E-state index contributed by atoms with van der Waals surface area (Å²) in [6, 6.07) is 6.83. The van der Waals surface area contributed by atoms with Crippen LogP contribution in [0, 0.1) is 11.3 Å². The highest BCUT2D eigenvalue weighted by Crippen LogP contribution is 2.31. The van der Waals surface area contributed by atoms with Crippen LogP contribution in [0.5, 0.6) is 5.75 Å². The average molecular weight is 582 g/mol. The molecule has 0 radical (unpaired) electrons. The summed E-state index contributed by atoms with van der Waals surface area (Å²) in [5.41, 5.74) is 1.06. The molecular weight excluding hydrogens is 538 g/mol. The van der Waals surface area contributed by atoms with Gasteiger partial charge in [-0.05, 0) is 50.3 Å². The van der Waals surface area contributed by atoms with Crippen LogP contribution in [0.25, 0.3) is 0 Å². The Bertz CT molecular complexity index is 1150. The number of carbonyl (C=O) groups is 3. The maximum absolute atomic E-state index is 13.8. The van der Waals surface area contributed by atoms with Crippen LogP contribution in [0.4, 0.5) is 0 Å². The van der Waals surface area contributed by atoms with E-state index in [4.69, 9.17) is 14.2 Å². The van der Waals surface area contributed by atoms with Gasteiger partial charge in [0.2, 0.25) is 11.8 Å². The number of allylic oxidation sites excluding steroid dienone is 1. The largest absolute Gasteiger partial charge is 0.497 e. The number of rotatable bonds is 16. The Morgan fingerprint density at radius 3 is 2.38 bits per heavy atom. The third-order valence-corrected chi connectivity index (χ3v) is 8.10. The van der Waals surface area contributed by atoms with Gasteiger partial charge in [0.25, 0.3) is 0 Å². The normalized spacial score (nSPS) is 22.3. The quantitative estimate of drug-likeness (QED) is 0.194. The Labute approximate surface area is 247 Å². The number of nitriles is 1. The van der Waals surface area contributed by atoms with Gasteiger partial charge in [-0.1, -0.05) is 23.8 Å². The Kier molecular flexibility index (Phi) is 11.5. The summed E-state index contributed by atoms with van der Waals surface area (Å²) in [5.74, 6) is -0.378. The lowest BCUT2D eigenvalue weighted by molar-refractivity contribution is -0.133. The van der Waals surface area contributed by atoms with Crippen LogP contribution in [0.15, 0.2) is 35.9 Å². The number of methoxy groups -OCH3 is 1. The van der Waals surface area contributed by atoms with Gasteiger partial charge in [-0.25, -0.2) is 0 Å². The van der Waals surface area contributed by atoms with E-state index in [1.54, 1.807) is 26.2 Å². The lowest BCUT2D eigenvalue weighted by Crippen LogP contribution is -2.57. The van der Waals surface area contributed by atoms with Crippen molar-refractivity contribution < 1.29 is 28.6 Å². The minimum absolute atomic E-state index is 0.0449. The predicted octanol–water partition coefficient (Wildman–Crippen LogP) is 1.27. The topological polar surface area (TPSA) is 145 Å². The molecule has 2 aliphatic heterocycles. The molecule has 1 aromatic carbocycles. The summed E-state index contributed by atoms with van der Waals surface area (Å²) in [7, 11) is 1.58. The van der Waals surface area contributed by atoms with Gasteiger partial charge in [-0.2, -0.15) is 5.26 Å². The van der Waals surface area contributed by atoms with Gasteiger partial charge < -0.3 is 30.2 Å². The van der Waals surface area contributed by atoms with Gasteiger partial charge in [-0.15, -0.1) is 0 Å². The number of epoxide rings is 1. The first kappa shape index (κ1) is 31.6. The van der Waals surface area contributed by atoms with Gasteiger partial charge in [0.05, 0.1) is 51.5 Å². The van der Waals surface area contributed by atoms with Gasteiger partial charge >= 0.3 is 0 Å². The van der Waals surface area contributed by atoms with Crippen LogP contribution < -0.4 is 20.7 Å². The first-order chi connectivity index (χ1) is 20.3. The van der Waals surface area contributed by atoms with Crippen LogP contribution >= 0.6 is 0 Å². The van der Waals surface area contributed by atoms with Crippen molar-refractivity contribution >= 4 is 17.6 Å². The number of morpholine rings is 1. The zero-order valence-electron chi connectivity index (χ0n) is 24.7. The first-order valence-corrected chi connectivity index (χ1v) is 14.8. The van der Waals surface area contributed by atoms with Crippen molar-refractivity contribution in [1.29, 1.82) is 5.26 Å². The Morgan fingerprint density at radius 2 is 1.76 bits per heavy atom. The number of ketones is 1. The number of carbonyl (C=O) groups excluding carboxylic acids is 3. The van der Waals surface area contributed by atoms with Crippen LogP contribution in [-0.2, 0) is 30.3 Å². The lowest BCUT2D eigenvalue weighted by atomic mass is 9.94. The summed E-state index contributed by atoms with van der Waals surface area (Å²) >= 11 is 0. The van der Waals surface area contributed by atoms with Crippen LogP contribution in [0.2, 0.25) is 0 Å². The number of amides is 2. The molecule has 4 rings (SSSR count). The third-order valence-electron chi connectivity index (χ3n) is 8.10. The van der Waals surface area contributed by atoms with E-state index in [0.717, 1.165) is 50.0 Å². The minimum atomic E-state index is -0.964. The van der Waals surface area contributed by atoms with E-state index in [1.165, 1.54) is 0 Å². The fourth-order valence-corrected chi connectivity index (χ4v) is 5.34. The van der Waals surface area contributed by atoms with Gasteiger partial charge in [0, 0.05) is 32.6 Å². The van der Waals surface area contributed by atoms with E-state index >= 15 is 0 Å². The smallest absolute Gasteiger partial charge is 0.243 e. The molecule has 228 valence electrons. The van der Waals surface area contributed by atoms with E-state index in [0.29, 0.717) is 38.5 Å². The molecule has 42 heavy (non-hydrogen) atoms. The third kappa shape index (κ3) is 9.10. The monoisotopic (exact) mass is 581 g/mol. The fraction of sp³-hybridized carbons (Fsp3) is 0.613. The predicted molar refractivity (Wildman–Crippen MR) is 156 cm³/mol. The molecule has 1 aromatic rings. The van der Waals surface area contributed by atoms with E-state index in [2.05, 4.69) is 33.0 Å². The van der Waals surface area contributed by atoms with E-state index < -0.39 is 35.5 Å². The van der Waals surface area contributed by atoms with Gasteiger partial charge in [0.1, 0.15) is 17.4 Å². The van der Waals surface area contributed by atoms with Crippen molar-refractivity contribution in [3.63, 3.8) is 0 Å². The maximum Gasteiger partial charge on any atom is 0.243 e. The molecular formula is C31H43N5O6. The van der Waals surface area contributed by atoms with Crippen molar-refractivity contribution in [1.82, 2.24) is 20.9 Å². The molecule has 3 N–H and O–H groups in total. The molecule has 1 aliphatic carbocycles. The Balaban J connectivity index is 1.46. The summed E-state index contributed by atoms with van der Waals surface area (Å²) in [4.78, 5) is 42.8. The number of nitrogens with one attached hydrogen (secondary N) is 3. The van der Waals surface area contributed by atoms with Gasteiger partial charge in [-0.3, -0.25) is 19.3 Å². The summed E-state index contributed by atoms with van der Waals surface area (Å²) < 4.78 is 16.1. The van der Waals surface area contributed by atoms with Crippen LogP contribution in [0.3, 0.4) is 0 Å². The zero-order chi connectivity index (χ0) is 30.0. The van der Waals surface area contributed by atoms with Crippen molar-refractivity contribution in [2.75, 3.05) is 53.1 Å². The number of hydrogen-bond acceptors (Lipinski definition) is 9. The summed E-state index contributed by atoms with van der Waals surface area (Å²) in [5, 5.41) is 18.4. The number of hydrogen-bond donors (Lipinski definition) is 3. The molecule has 3 aliphatic rings.